The molecule has 6 heteroatoms. The van der Waals surface area contributed by atoms with Crippen LogP contribution in [0.3, 0.4) is 0 Å². The Morgan fingerprint density at radius 3 is 2.95 bits per heavy atom. The number of pyridine rings is 1. The lowest BCUT2D eigenvalue weighted by molar-refractivity contribution is -0.119. The summed E-state index contributed by atoms with van der Waals surface area (Å²) in [6.07, 6.45) is 3.79. The second-order valence-corrected chi connectivity index (χ2v) is 6.98. The van der Waals surface area contributed by atoms with Gasteiger partial charge in [0.05, 0.1) is 4.70 Å². The molecule has 0 radical (unpaired) electrons. The molecule has 1 aliphatic rings. The molecule has 21 heavy (non-hydrogen) atoms. The van der Waals surface area contributed by atoms with Gasteiger partial charge in [0, 0.05) is 43.7 Å². The smallest absolute Gasteiger partial charge is 0.217 e. The van der Waals surface area contributed by atoms with Crippen LogP contribution in [-0.4, -0.2) is 34.9 Å². The van der Waals surface area contributed by atoms with Crippen molar-refractivity contribution in [2.45, 2.75) is 32.4 Å². The van der Waals surface area contributed by atoms with Crippen molar-refractivity contribution >= 4 is 38.9 Å². The number of rotatable bonds is 3. The Morgan fingerprint density at radius 1 is 1.52 bits per heavy atom. The number of nitrogens with zero attached hydrogens (tertiary/aromatic N) is 2. The van der Waals surface area contributed by atoms with Crippen molar-refractivity contribution in [3.05, 3.63) is 28.4 Å². The van der Waals surface area contributed by atoms with E-state index >= 15 is 0 Å². The van der Waals surface area contributed by atoms with E-state index in [9.17, 15) is 4.79 Å². The fourth-order valence-electron chi connectivity index (χ4n) is 2.81. The van der Waals surface area contributed by atoms with E-state index in [2.05, 4.69) is 21.3 Å². The quantitative estimate of drug-likeness (QED) is 0.883. The van der Waals surface area contributed by atoms with Gasteiger partial charge in [0.2, 0.25) is 5.91 Å². The van der Waals surface area contributed by atoms with Gasteiger partial charge in [0.25, 0.3) is 0 Å². The number of carbonyl (C=O) groups is 1. The largest absolute Gasteiger partial charge is 0.354 e. The number of halogens is 1. The van der Waals surface area contributed by atoms with Crippen molar-refractivity contribution < 1.29 is 4.79 Å². The Bertz CT molecular complexity index is 649. The molecule has 0 saturated carbocycles. The highest BCUT2D eigenvalue weighted by atomic mass is 35.5. The number of fused-ring (bicyclic) bond motifs is 1. The highest BCUT2D eigenvalue weighted by Gasteiger charge is 2.20. The van der Waals surface area contributed by atoms with E-state index in [4.69, 9.17) is 11.6 Å². The van der Waals surface area contributed by atoms with Gasteiger partial charge in [0.15, 0.2) is 0 Å². The van der Waals surface area contributed by atoms with Crippen LogP contribution in [0.5, 0.6) is 0 Å². The SMILES string of the molecule is CC(=O)NC1CCN(Cc2cc3ccnc(Cl)c3s2)CC1. The van der Waals surface area contributed by atoms with Gasteiger partial charge in [-0.3, -0.25) is 9.69 Å². The van der Waals surface area contributed by atoms with E-state index in [0.717, 1.165) is 37.2 Å². The van der Waals surface area contributed by atoms with Gasteiger partial charge in [-0.05, 0) is 30.4 Å². The van der Waals surface area contributed by atoms with Gasteiger partial charge >= 0.3 is 0 Å². The van der Waals surface area contributed by atoms with E-state index in [1.807, 2.05) is 6.07 Å². The van der Waals surface area contributed by atoms with Crippen LogP contribution in [0, 0.1) is 0 Å². The fraction of sp³-hybridized carbons (Fsp3) is 0.467. The topological polar surface area (TPSA) is 45.2 Å². The summed E-state index contributed by atoms with van der Waals surface area (Å²) in [6.45, 7) is 4.57. The summed E-state index contributed by atoms with van der Waals surface area (Å²) in [4.78, 5) is 19.0. The van der Waals surface area contributed by atoms with E-state index < -0.39 is 0 Å². The van der Waals surface area contributed by atoms with Crippen molar-refractivity contribution in [1.82, 2.24) is 15.2 Å². The first kappa shape index (κ1) is 14.8. The van der Waals surface area contributed by atoms with Crippen molar-refractivity contribution in [2.75, 3.05) is 13.1 Å². The van der Waals surface area contributed by atoms with Crippen LogP contribution in [0.25, 0.3) is 10.1 Å². The molecule has 112 valence electrons. The number of nitrogens with one attached hydrogen (secondary N) is 1. The number of amides is 1. The van der Waals surface area contributed by atoms with E-state index in [1.165, 1.54) is 10.3 Å². The maximum absolute atomic E-state index is 11.1. The summed E-state index contributed by atoms with van der Waals surface area (Å²) in [5.41, 5.74) is 0. The Balaban J connectivity index is 1.62. The summed E-state index contributed by atoms with van der Waals surface area (Å²) < 4.78 is 1.07. The van der Waals surface area contributed by atoms with E-state index in [-0.39, 0.29) is 5.91 Å². The summed E-state index contributed by atoms with van der Waals surface area (Å²) in [5.74, 6) is 0.0695. The number of hydrogen-bond acceptors (Lipinski definition) is 4. The fourth-order valence-corrected chi connectivity index (χ4v) is 4.16. The first-order valence-corrected chi connectivity index (χ1v) is 8.33. The molecule has 2 aromatic heterocycles. The minimum absolute atomic E-state index is 0.0695. The summed E-state index contributed by atoms with van der Waals surface area (Å²) >= 11 is 7.85. The minimum atomic E-state index is 0.0695. The second kappa shape index (κ2) is 6.30. The maximum atomic E-state index is 11.1. The van der Waals surface area contributed by atoms with Gasteiger partial charge in [-0.15, -0.1) is 11.3 Å². The molecule has 1 N–H and O–H groups in total. The molecule has 1 saturated heterocycles. The van der Waals surface area contributed by atoms with Gasteiger partial charge in [-0.25, -0.2) is 4.98 Å². The summed E-state index contributed by atoms with van der Waals surface area (Å²) in [5, 5.41) is 4.77. The predicted octanol–water partition coefficient (Wildman–Crippen LogP) is 3.05. The molecule has 0 aliphatic carbocycles. The van der Waals surface area contributed by atoms with Crippen LogP contribution in [0.1, 0.15) is 24.6 Å². The number of carbonyl (C=O) groups excluding carboxylic acids is 1. The lowest BCUT2D eigenvalue weighted by Crippen LogP contribution is -2.43. The highest BCUT2D eigenvalue weighted by Crippen LogP contribution is 2.31. The average molecular weight is 324 g/mol. The number of hydrogen-bond donors (Lipinski definition) is 1. The average Bonchev–Trinajstić information content (AvgIpc) is 2.84. The molecule has 0 aromatic carbocycles. The third-order valence-electron chi connectivity index (χ3n) is 3.82. The van der Waals surface area contributed by atoms with Crippen LogP contribution in [0.4, 0.5) is 0 Å². The third-order valence-corrected chi connectivity index (χ3v) is 5.36. The van der Waals surface area contributed by atoms with Crippen molar-refractivity contribution in [1.29, 1.82) is 0 Å². The molecule has 0 bridgehead atoms. The standard InChI is InChI=1S/C15H18ClN3OS/c1-10(20)18-12-3-6-19(7-4-12)9-13-8-11-2-5-17-15(16)14(11)21-13/h2,5,8,12H,3-4,6-7,9H2,1H3,(H,18,20). The Labute approximate surface area is 133 Å². The third kappa shape index (κ3) is 3.54. The van der Waals surface area contributed by atoms with E-state index in [0.29, 0.717) is 11.2 Å². The Kier molecular flexibility index (Phi) is 4.42. The molecule has 0 atom stereocenters. The molecule has 4 nitrogen and oxygen atoms in total. The predicted molar refractivity (Wildman–Crippen MR) is 86.7 cm³/mol. The number of likely N-dealkylation sites (tertiary alicyclic amines) is 1. The van der Waals surface area contributed by atoms with Gasteiger partial charge in [-0.1, -0.05) is 11.6 Å². The van der Waals surface area contributed by atoms with E-state index in [1.54, 1.807) is 24.5 Å². The van der Waals surface area contributed by atoms with Crippen LogP contribution in [0.2, 0.25) is 5.15 Å². The van der Waals surface area contributed by atoms with Crippen molar-refractivity contribution in [3.63, 3.8) is 0 Å². The first-order valence-electron chi connectivity index (χ1n) is 7.14. The monoisotopic (exact) mass is 323 g/mol. The molecular weight excluding hydrogens is 306 g/mol. The van der Waals surface area contributed by atoms with Crippen LogP contribution < -0.4 is 5.32 Å². The molecule has 2 aromatic rings. The zero-order valence-corrected chi connectivity index (χ0v) is 13.5. The normalized spacial score (nSPS) is 17.2. The molecule has 1 aliphatic heterocycles. The molecule has 0 spiro atoms. The number of aromatic nitrogens is 1. The highest BCUT2D eigenvalue weighted by molar-refractivity contribution is 7.19. The molecule has 1 amide bonds. The zero-order chi connectivity index (χ0) is 14.8. The summed E-state index contributed by atoms with van der Waals surface area (Å²) in [7, 11) is 0. The first-order chi connectivity index (χ1) is 10.1. The number of piperidine rings is 1. The van der Waals surface area contributed by atoms with Crippen molar-refractivity contribution in [2.24, 2.45) is 0 Å². The molecular formula is C15H18ClN3OS. The zero-order valence-electron chi connectivity index (χ0n) is 11.9. The number of thiophene rings is 1. The van der Waals surface area contributed by atoms with Crippen LogP contribution in [-0.2, 0) is 11.3 Å². The molecule has 1 fully saturated rings. The van der Waals surface area contributed by atoms with Crippen LogP contribution >= 0.6 is 22.9 Å². The lowest BCUT2D eigenvalue weighted by Gasteiger charge is -2.31. The minimum Gasteiger partial charge on any atom is -0.354 e. The Morgan fingerprint density at radius 2 is 2.29 bits per heavy atom. The van der Waals surface area contributed by atoms with Gasteiger partial charge < -0.3 is 5.32 Å². The van der Waals surface area contributed by atoms with Gasteiger partial charge in [0.1, 0.15) is 5.15 Å². The van der Waals surface area contributed by atoms with Crippen molar-refractivity contribution in [3.8, 4) is 0 Å². The lowest BCUT2D eigenvalue weighted by atomic mass is 10.1. The second-order valence-electron chi connectivity index (χ2n) is 5.48. The molecule has 3 heterocycles. The Hall–Kier alpha value is -1.17. The van der Waals surface area contributed by atoms with Gasteiger partial charge in [-0.2, -0.15) is 0 Å². The van der Waals surface area contributed by atoms with Crippen LogP contribution in [0.15, 0.2) is 18.3 Å². The maximum Gasteiger partial charge on any atom is 0.217 e. The molecule has 0 unspecified atom stereocenters. The summed E-state index contributed by atoms with van der Waals surface area (Å²) in [6, 6.07) is 4.54. The molecule has 3 rings (SSSR count).